The fourth-order valence-corrected chi connectivity index (χ4v) is 2.25. The van der Waals surface area contributed by atoms with Gasteiger partial charge in [0.1, 0.15) is 0 Å². The molecule has 0 bridgehead atoms. The molecule has 1 rings (SSSR count). The summed E-state index contributed by atoms with van der Waals surface area (Å²) in [6.45, 7) is 3.69. The Morgan fingerprint density at radius 2 is 1.88 bits per heavy atom. The van der Waals surface area contributed by atoms with Gasteiger partial charge in [-0.3, -0.25) is 9.59 Å². The van der Waals surface area contributed by atoms with Crippen molar-refractivity contribution in [2.45, 2.75) is 51.5 Å². The van der Waals surface area contributed by atoms with Crippen LogP contribution < -0.4 is 5.32 Å². The molecule has 0 atom stereocenters. The summed E-state index contributed by atoms with van der Waals surface area (Å²) in [5, 5.41) is 11.7. The fraction of sp³-hybridized carbons (Fsp3) is 0.667. The maximum atomic E-state index is 11.6. The van der Waals surface area contributed by atoms with Crippen molar-refractivity contribution in [3.05, 3.63) is 11.6 Å². The van der Waals surface area contributed by atoms with Crippen molar-refractivity contribution in [3.8, 4) is 0 Å². The zero-order valence-electron chi connectivity index (χ0n) is 9.88. The first kappa shape index (κ1) is 12.7. The summed E-state index contributed by atoms with van der Waals surface area (Å²) in [4.78, 5) is 22.4. The Balaban J connectivity index is 2.68. The van der Waals surface area contributed by atoms with Crippen molar-refractivity contribution in [3.63, 3.8) is 0 Å². The molecule has 1 fully saturated rings. The van der Waals surface area contributed by atoms with Crippen LogP contribution in [-0.2, 0) is 9.59 Å². The van der Waals surface area contributed by atoms with Gasteiger partial charge in [-0.15, -0.1) is 0 Å². The number of aliphatic carboxylic acids is 1. The Labute approximate surface area is 95.7 Å². The van der Waals surface area contributed by atoms with Crippen LogP contribution in [0.3, 0.4) is 0 Å². The lowest BCUT2D eigenvalue weighted by Gasteiger charge is -2.28. The molecule has 90 valence electrons. The predicted molar refractivity (Wildman–Crippen MR) is 61.0 cm³/mol. The molecule has 0 unspecified atom stereocenters. The average Bonchev–Trinajstić information content (AvgIpc) is 2.49. The Morgan fingerprint density at radius 1 is 1.31 bits per heavy atom. The number of carbonyl (C=O) groups excluding carboxylic acids is 1. The van der Waals surface area contributed by atoms with Gasteiger partial charge in [-0.05, 0) is 26.7 Å². The van der Waals surface area contributed by atoms with Crippen LogP contribution in [0.15, 0.2) is 11.6 Å². The van der Waals surface area contributed by atoms with Gasteiger partial charge in [0.2, 0.25) is 5.91 Å². The number of allylic oxidation sites excluding steroid dienone is 1. The molecule has 4 nitrogen and oxygen atoms in total. The van der Waals surface area contributed by atoms with Crippen LogP contribution in [0.1, 0.15) is 46.0 Å². The Kier molecular flexibility index (Phi) is 4.10. The van der Waals surface area contributed by atoms with Crippen molar-refractivity contribution >= 4 is 11.9 Å². The van der Waals surface area contributed by atoms with E-state index < -0.39 is 11.5 Å². The third-order valence-electron chi connectivity index (χ3n) is 2.86. The van der Waals surface area contributed by atoms with Crippen LogP contribution in [0, 0.1) is 0 Å². The number of hydrogen-bond acceptors (Lipinski definition) is 2. The first-order valence-corrected chi connectivity index (χ1v) is 5.62. The summed E-state index contributed by atoms with van der Waals surface area (Å²) in [6, 6.07) is 0. The molecule has 0 aromatic carbocycles. The third kappa shape index (κ3) is 3.68. The molecular weight excluding hydrogens is 206 g/mol. The number of carboxylic acid groups (broad SMARTS) is 1. The van der Waals surface area contributed by atoms with Crippen molar-refractivity contribution in [2.24, 2.45) is 0 Å². The summed E-state index contributed by atoms with van der Waals surface area (Å²) in [6.07, 6.45) is 5.05. The largest absolute Gasteiger partial charge is 0.481 e. The lowest BCUT2D eigenvalue weighted by Crippen LogP contribution is -2.47. The molecule has 16 heavy (non-hydrogen) atoms. The molecule has 1 aliphatic carbocycles. The molecule has 0 spiro atoms. The Bertz CT molecular complexity index is 310. The molecule has 0 saturated heterocycles. The van der Waals surface area contributed by atoms with E-state index in [0.717, 1.165) is 31.3 Å². The van der Waals surface area contributed by atoms with E-state index in [0.29, 0.717) is 0 Å². The SMILES string of the molecule is CC(C)=CC(=O)NC1(CC(=O)O)CCCC1. The molecule has 1 saturated carbocycles. The van der Waals surface area contributed by atoms with Gasteiger partial charge in [0.15, 0.2) is 0 Å². The highest BCUT2D eigenvalue weighted by molar-refractivity contribution is 5.89. The number of carbonyl (C=O) groups is 2. The van der Waals surface area contributed by atoms with Crippen LogP contribution in [0.4, 0.5) is 0 Å². The molecule has 0 radical (unpaired) electrons. The van der Waals surface area contributed by atoms with Crippen LogP contribution in [0.2, 0.25) is 0 Å². The molecule has 4 heteroatoms. The minimum absolute atomic E-state index is 0.0232. The van der Waals surface area contributed by atoms with Gasteiger partial charge < -0.3 is 10.4 Å². The van der Waals surface area contributed by atoms with Crippen LogP contribution in [0.5, 0.6) is 0 Å². The van der Waals surface area contributed by atoms with Gasteiger partial charge in [-0.2, -0.15) is 0 Å². The minimum atomic E-state index is -0.848. The summed E-state index contributed by atoms with van der Waals surface area (Å²) in [5.41, 5.74) is 0.399. The van der Waals surface area contributed by atoms with Crippen LogP contribution in [0.25, 0.3) is 0 Å². The summed E-state index contributed by atoms with van der Waals surface area (Å²) in [7, 11) is 0. The van der Waals surface area contributed by atoms with Gasteiger partial charge in [-0.25, -0.2) is 0 Å². The maximum absolute atomic E-state index is 11.6. The average molecular weight is 225 g/mol. The number of nitrogens with one attached hydrogen (secondary N) is 1. The maximum Gasteiger partial charge on any atom is 0.305 e. The van der Waals surface area contributed by atoms with Crippen molar-refractivity contribution in [1.82, 2.24) is 5.32 Å². The predicted octanol–water partition coefficient (Wildman–Crippen LogP) is 1.86. The Morgan fingerprint density at radius 3 is 2.31 bits per heavy atom. The molecule has 2 N–H and O–H groups in total. The highest BCUT2D eigenvalue weighted by Gasteiger charge is 2.36. The van der Waals surface area contributed by atoms with E-state index in [2.05, 4.69) is 5.32 Å². The van der Waals surface area contributed by atoms with E-state index in [1.54, 1.807) is 0 Å². The molecular formula is C12H19NO3. The standard InChI is InChI=1S/C12H19NO3/c1-9(2)7-10(14)13-12(8-11(15)16)5-3-4-6-12/h7H,3-6,8H2,1-2H3,(H,13,14)(H,15,16). The van der Waals surface area contributed by atoms with Gasteiger partial charge in [0, 0.05) is 6.08 Å². The zero-order valence-corrected chi connectivity index (χ0v) is 9.88. The second kappa shape index (κ2) is 5.14. The molecule has 1 amide bonds. The molecule has 1 aliphatic rings. The smallest absolute Gasteiger partial charge is 0.305 e. The van der Waals surface area contributed by atoms with Gasteiger partial charge in [-0.1, -0.05) is 18.4 Å². The fourth-order valence-electron chi connectivity index (χ4n) is 2.25. The normalized spacial score (nSPS) is 17.9. The minimum Gasteiger partial charge on any atom is -0.481 e. The van der Waals surface area contributed by atoms with Gasteiger partial charge in [0.25, 0.3) is 0 Å². The van der Waals surface area contributed by atoms with Crippen molar-refractivity contribution in [1.29, 1.82) is 0 Å². The van der Waals surface area contributed by atoms with Gasteiger partial charge in [0.05, 0.1) is 12.0 Å². The second-order valence-corrected chi connectivity index (χ2v) is 4.77. The second-order valence-electron chi connectivity index (χ2n) is 4.77. The topological polar surface area (TPSA) is 66.4 Å². The number of rotatable bonds is 4. The first-order valence-electron chi connectivity index (χ1n) is 5.62. The highest BCUT2D eigenvalue weighted by Crippen LogP contribution is 2.32. The molecule has 0 aromatic heterocycles. The number of hydrogen-bond donors (Lipinski definition) is 2. The van der Waals surface area contributed by atoms with E-state index in [9.17, 15) is 9.59 Å². The van der Waals surface area contributed by atoms with E-state index in [4.69, 9.17) is 5.11 Å². The third-order valence-corrected chi connectivity index (χ3v) is 2.86. The molecule has 0 aromatic rings. The lowest BCUT2D eigenvalue weighted by atomic mass is 9.93. The van der Waals surface area contributed by atoms with Crippen LogP contribution in [-0.4, -0.2) is 22.5 Å². The van der Waals surface area contributed by atoms with Crippen molar-refractivity contribution in [2.75, 3.05) is 0 Å². The zero-order chi connectivity index (χ0) is 12.2. The van der Waals surface area contributed by atoms with E-state index >= 15 is 0 Å². The first-order chi connectivity index (χ1) is 7.43. The lowest BCUT2D eigenvalue weighted by molar-refractivity contribution is -0.139. The number of carboxylic acids is 1. The van der Waals surface area contributed by atoms with E-state index in [-0.39, 0.29) is 12.3 Å². The monoisotopic (exact) mass is 225 g/mol. The summed E-state index contributed by atoms with van der Waals surface area (Å²) < 4.78 is 0. The van der Waals surface area contributed by atoms with E-state index in [1.807, 2.05) is 13.8 Å². The summed E-state index contributed by atoms with van der Waals surface area (Å²) >= 11 is 0. The number of amides is 1. The quantitative estimate of drug-likeness (QED) is 0.718. The summed E-state index contributed by atoms with van der Waals surface area (Å²) in [5.74, 6) is -1.03. The molecule has 0 heterocycles. The highest BCUT2D eigenvalue weighted by atomic mass is 16.4. The van der Waals surface area contributed by atoms with Crippen LogP contribution >= 0.6 is 0 Å². The molecule has 0 aliphatic heterocycles. The Hall–Kier alpha value is -1.32. The van der Waals surface area contributed by atoms with E-state index in [1.165, 1.54) is 6.08 Å². The van der Waals surface area contributed by atoms with Crippen molar-refractivity contribution < 1.29 is 14.7 Å². The van der Waals surface area contributed by atoms with Gasteiger partial charge >= 0.3 is 5.97 Å².